The molecular formula is C22H29N5O4. The highest BCUT2D eigenvalue weighted by atomic mass is 16.5. The van der Waals surface area contributed by atoms with E-state index in [1.54, 1.807) is 9.47 Å². The van der Waals surface area contributed by atoms with Crippen LogP contribution in [0, 0.1) is 0 Å². The molecule has 1 N–H and O–H groups in total. The van der Waals surface area contributed by atoms with E-state index in [9.17, 15) is 14.4 Å². The summed E-state index contributed by atoms with van der Waals surface area (Å²) in [4.78, 5) is 41.0. The third-order valence-electron chi connectivity index (χ3n) is 6.37. The van der Waals surface area contributed by atoms with Crippen molar-refractivity contribution < 1.29 is 14.3 Å². The van der Waals surface area contributed by atoms with Crippen molar-refractivity contribution in [3.63, 3.8) is 0 Å². The molecule has 0 spiro atoms. The van der Waals surface area contributed by atoms with Crippen molar-refractivity contribution in [1.82, 2.24) is 24.4 Å². The smallest absolute Gasteiger partial charge is 0.280 e. The number of amides is 2. The summed E-state index contributed by atoms with van der Waals surface area (Å²) in [5, 5.41) is 7.47. The van der Waals surface area contributed by atoms with Crippen molar-refractivity contribution >= 4 is 17.5 Å². The van der Waals surface area contributed by atoms with Gasteiger partial charge in [0.15, 0.2) is 0 Å². The van der Waals surface area contributed by atoms with Crippen molar-refractivity contribution in [2.24, 2.45) is 0 Å². The molecule has 0 radical (unpaired) electrons. The minimum Gasteiger partial charge on any atom is -0.376 e. The van der Waals surface area contributed by atoms with Gasteiger partial charge in [0.2, 0.25) is 5.91 Å². The van der Waals surface area contributed by atoms with Crippen molar-refractivity contribution in [1.29, 1.82) is 0 Å². The molecule has 1 atom stereocenters. The van der Waals surface area contributed by atoms with Crippen LogP contribution in [0.1, 0.15) is 68.2 Å². The van der Waals surface area contributed by atoms with Crippen LogP contribution in [0.4, 0.5) is 0 Å². The van der Waals surface area contributed by atoms with E-state index in [-0.39, 0.29) is 48.0 Å². The minimum atomic E-state index is -0.271. The molecule has 0 unspecified atom stereocenters. The molecule has 3 aliphatic rings. The minimum absolute atomic E-state index is 0.0400. The molecule has 2 aliphatic heterocycles. The van der Waals surface area contributed by atoms with E-state index in [0.29, 0.717) is 23.4 Å². The van der Waals surface area contributed by atoms with Crippen LogP contribution in [-0.4, -0.2) is 56.2 Å². The third-order valence-corrected chi connectivity index (χ3v) is 6.37. The Morgan fingerprint density at radius 2 is 2.03 bits per heavy atom. The zero-order chi connectivity index (χ0) is 21.9. The van der Waals surface area contributed by atoms with Crippen LogP contribution in [0.2, 0.25) is 0 Å². The van der Waals surface area contributed by atoms with E-state index in [4.69, 9.17) is 4.74 Å². The number of carbonyl (C=O) groups excluding carboxylic acids is 2. The third kappa shape index (κ3) is 3.54. The van der Waals surface area contributed by atoms with E-state index >= 15 is 0 Å². The molecule has 1 saturated carbocycles. The number of hydrogen-bond acceptors (Lipinski definition) is 5. The molecule has 5 rings (SSSR count). The maximum atomic E-state index is 13.2. The Morgan fingerprint density at radius 3 is 2.68 bits per heavy atom. The lowest BCUT2D eigenvalue weighted by molar-refractivity contribution is -0.122. The molecule has 2 aromatic rings. The van der Waals surface area contributed by atoms with Gasteiger partial charge in [-0.05, 0) is 25.7 Å². The summed E-state index contributed by atoms with van der Waals surface area (Å²) in [6.07, 6.45) is 3.90. The van der Waals surface area contributed by atoms with E-state index < -0.39 is 0 Å². The summed E-state index contributed by atoms with van der Waals surface area (Å²) < 4.78 is 8.61. The molecule has 1 saturated heterocycles. The number of nitrogens with zero attached hydrogens (tertiary/aromatic N) is 4. The molecule has 31 heavy (non-hydrogen) atoms. The Kier molecular flexibility index (Phi) is 4.69. The van der Waals surface area contributed by atoms with Gasteiger partial charge < -0.3 is 19.5 Å². The zero-order valence-electron chi connectivity index (χ0n) is 18.3. The SMILES string of the molecule is CC(C)(C)c1cc2n(CC(=O)NC[C@H]3CCCO3)c3c(c(=O)n2n1)CN(C1CC1)C3=O. The van der Waals surface area contributed by atoms with Gasteiger partial charge in [0.1, 0.15) is 17.9 Å². The first-order valence-corrected chi connectivity index (χ1v) is 11.1. The van der Waals surface area contributed by atoms with Crippen molar-refractivity contribution in [3.05, 3.63) is 33.4 Å². The highest BCUT2D eigenvalue weighted by molar-refractivity contribution is 5.98. The highest BCUT2D eigenvalue weighted by Gasteiger charge is 2.42. The number of hydrogen-bond donors (Lipinski definition) is 1. The van der Waals surface area contributed by atoms with Crippen LogP contribution in [0.3, 0.4) is 0 Å². The number of carbonyl (C=O) groups is 2. The highest BCUT2D eigenvalue weighted by Crippen LogP contribution is 2.34. The number of fused-ring (bicyclic) bond motifs is 2. The predicted octanol–water partition coefficient (Wildman–Crippen LogP) is 1.21. The molecule has 0 aromatic carbocycles. The lowest BCUT2D eigenvalue weighted by Gasteiger charge is -2.16. The Hall–Kier alpha value is -2.68. The van der Waals surface area contributed by atoms with E-state index in [1.165, 1.54) is 4.52 Å². The van der Waals surface area contributed by atoms with Crippen LogP contribution in [0.25, 0.3) is 5.65 Å². The van der Waals surface area contributed by atoms with Crippen LogP contribution in [0.15, 0.2) is 10.9 Å². The average Bonchev–Trinajstić information content (AvgIpc) is 3.12. The summed E-state index contributed by atoms with van der Waals surface area (Å²) in [7, 11) is 0. The number of nitrogens with one attached hydrogen (secondary N) is 1. The first kappa shape index (κ1) is 20.2. The van der Waals surface area contributed by atoms with Gasteiger partial charge in [-0.1, -0.05) is 20.8 Å². The lowest BCUT2D eigenvalue weighted by Crippen LogP contribution is -2.36. The number of rotatable bonds is 5. The quantitative estimate of drug-likeness (QED) is 0.773. The molecule has 2 amide bonds. The van der Waals surface area contributed by atoms with Gasteiger partial charge in [-0.2, -0.15) is 9.61 Å². The number of ether oxygens (including phenoxy) is 1. The maximum Gasteiger partial charge on any atom is 0.280 e. The molecular weight excluding hydrogens is 398 g/mol. The van der Waals surface area contributed by atoms with Gasteiger partial charge in [-0.25, -0.2) is 0 Å². The van der Waals surface area contributed by atoms with E-state index in [1.807, 2.05) is 26.8 Å². The summed E-state index contributed by atoms with van der Waals surface area (Å²) in [6, 6.07) is 2.01. The van der Waals surface area contributed by atoms with Crippen LogP contribution in [-0.2, 0) is 28.0 Å². The van der Waals surface area contributed by atoms with Gasteiger partial charge >= 0.3 is 0 Å². The van der Waals surface area contributed by atoms with Crippen molar-refractivity contribution in [3.8, 4) is 0 Å². The standard InChI is InChI=1S/C22H29N5O4/c1-22(2,3)16-9-18-26(12-17(28)23-10-14-5-4-8-31-14)19-15(20(29)27(18)24-16)11-25(21(19)30)13-6-7-13/h9,13-14H,4-8,10-12H2,1-3H3,(H,23,28)/t14-/m1/s1. The number of aromatic nitrogens is 3. The topological polar surface area (TPSA) is 97.9 Å². The predicted molar refractivity (Wildman–Crippen MR) is 113 cm³/mol. The summed E-state index contributed by atoms with van der Waals surface area (Å²) in [5.41, 5.74) is 1.44. The van der Waals surface area contributed by atoms with E-state index in [2.05, 4.69) is 10.4 Å². The van der Waals surface area contributed by atoms with Gasteiger partial charge in [-0.3, -0.25) is 14.4 Å². The van der Waals surface area contributed by atoms with Gasteiger partial charge in [0, 0.05) is 30.7 Å². The largest absolute Gasteiger partial charge is 0.376 e. The van der Waals surface area contributed by atoms with Crippen molar-refractivity contribution in [2.75, 3.05) is 13.2 Å². The van der Waals surface area contributed by atoms with Gasteiger partial charge in [-0.15, -0.1) is 0 Å². The molecule has 1 aliphatic carbocycles. The molecule has 166 valence electrons. The first-order valence-electron chi connectivity index (χ1n) is 11.1. The van der Waals surface area contributed by atoms with Gasteiger partial charge in [0.25, 0.3) is 11.5 Å². The summed E-state index contributed by atoms with van der Waals surface area (Å²) in [5.74, 6) is -0.373. The fraction of sp³-hybridized carbons (Fsp3) is 0.636. The Morgan fingerprint density at radius 1 is 1.26 bits per heavy atom. The first-order chi connectivity index (χ1) is 14.7. The second-order valence-corrected chi connectivity index (χ2v) is 9.87. The molecule has 4 heterocycles. The molecule has 9 heteroatoms. The summed E-state index contributed by atoms with van der Waals surface area (Å²) >= 11 is 0. The van der Waals surface area contributed by atoms with Crippen LogP contribution >= 0.6 is 0 Å². The van der Waals surface area contributed by atoms with Crippen molar-refractivity contribution in [2.45, 2.75) is 77.1 Å². The molecule has 9 nitrogen and oxygen atoms in total. The normalized spacial score (nSPS) is 21.2. The summed E-state index contributed by atoms with van der Waals surface area (Å²) in [6.45, 7) is 7.48. The van der Waals surface area contributed by atoms with E-state index in [0.717, 1.165) is 38.0 Å². The lowest BCUT2D eigenvalue weighted by atomic mass is 9.93. The van der Waals surface area contributed by atoms with Crippen LogP contribution in [0.5, 0.6) is 0 Å². The zero-order valence-corrected chi connectivity index (χ0v) is 18.3. The van der Waals surface area contributed by atoms with Crippen LogP contribution < -0.4 is 10.9 Å². The molecule has 0 bridgehead atoms. The fourth-order valence-electron chi connectivity index (χ4n) is 4.42. The Bertz CT molecular complexity index is 1120. The second-order valence-electron chi connectivity index (χ2n) is 9.87. The maximum absolute atomic E-state index is 13.2. The second kappa shape index (κ2) is 7.19. The Balaban J connectivity index is 1.55. The fourth-order valence-corrected chi connectivity index (χ4v) is 4.42. The molecule has 2 aromatic heterocycles. The monoisotopic (exact) mass is 427 g/mol. The van der Waals surface area contributed by atoms with Gasteiger partial charge in [0.05, 0.1) is 23.9 Å². The Labute approximate surface area is 180 Å². The molecule has 2 fully saturated rings. The average molecular weight is 428 g/mol.